The van der Waals surface area contributed by atoms with Crippen LogP contribution in [0.2, 0.25) is 0 Å². The number of rotatable bonds is 2. The van der Waals surface area contributed by atoms with Gasteiger partial charge in [0.15, 0.2) is 0 Å². The maximum absolute atomic E-state index is 2.30. The predicted molar refractivity (Wildman–Crippen MR) is 82.1 cm³/mol. The van der Waals surface area contributed by atoms with Crippen molar-refractivity contribution in [3.63, 3.8) is 0 Å². The highest BCUT2D eigenvalue weighted by Gasteiger charge is 2.08. The lowest BCUT2D eigenvalue weighted by atomic mass is 9.91. The highest BCUT2D eigenvalue weighted by molar-refractivity contribution is 5.68. The number of aryl methyl sites for hydroxylation is 1. The maximum atomic E-state index is 2.30. The first-order valence-corrected chi connectivity index (χ1v) is 6.84. The van der Waals surface area contributed by atoms with E-state index in [1.165, 1.54) is 22.3 Å². The monoisotopic (exact) mass is 240 g/mol. The van der Waals surface area contributed by atoms with Gasteiger partial charge in [-0.05, 0) is 29.5 Å². The van der Waals surface area contributed by atoms with Crippen LogP contribution in [0.1, 0.15) is 44.7 Å². The third-order valence-corrected chi connectivity index (χ3v) is 2.91. The van der Waals surface area contributed by atoms with Gasteiger partial charge in [-0.2, -0.15) is 0 Å². The summed E-state index contributed by atoms with van der Waals surface area (Å²) in [6.07, 6.45) is 0. The van der Waals surface area contributed by atoms with E-state index >= 15 is 0 Å². The molecule has 0 atom stereocenters. The second-order valence-electron chi connectivity index (χ2n) is 4.61. The molecule has 0 amide bonds. The zero-order valence-corrected chi connectivity index (χ0v) is 12.2. The predicted octanol–water partition coefficient (Wildman–Crippen LogP) is 5.81. The van der Waals surface area contributed by atoms with E-state index in [2.05, 4.69) is 69.3 Å². The third-order valence-electron chi connectivity index (χ3n) is 2.91. The van der Waals surface area contributed by atoms with Crippen molar-refractivity contribution in [1.29, 1.82) is 0 Å². The molecule has 0 saturated heterocycles. The van der Waals surface area contributed by atoms with Gasteiger partial charge >= 0.3 is 0 Å². The molecule has 0 aliphatic carbocycles. The summed E-state index contributed by atoms with van der Waals surface area (Å²) in [7, 11) is 0. The van der Waals surface area contributed by atoms with Crippen molar-refractivity contribution >= 4 is 0 Å². The van der Waals surface area contributed by atoms with Crippen molar-refractivity contribution in [3.05, 3.63) is 59.7 Å². The second-order valence-corrected chi connectivity index (χ2v) is 4.61. The van der Waals surface area contributed by atoms with Crippen LogP contribution in [-0.2, 0) is 0 Å². The molecule has 96 valence electrons. The molecule has 0 aliphatic heterocycles. The summed E-state index contributed by atoms with van der Waals surface area (Å²) < 4.78 is 0. The molecule has 2 aromatic rings. The van der Waals surface area contributed by atoms with Crippen molar-refractivity contribution in [3.8, 4) is 11.1 Å². The fourth-order valence-electron chi connectivity index (χ4n) is 2.04. The molecule has 0 saturated carbocycles. The van der Waals surface area contributed by atoms with Gasteiger partial charge in [0.2, 0.25) is 0 Å². The van der Waals surface area contributed by atoms with E-state index in [9.17, 15) is 0 Å². The SMILES string of the molecule is CC.Cc1ccc(-c2ccccc2)c(C(C)C)c1. The molecule has 0 N–H and O–H groups in total. The van der Waals surface area contributed by atoms with Gasteiger partial charge in [-0.1, -0.05) is 81.8 Å². The Labute approximate surface area is 112 Å². The fraction of sp³-hybridized carbons (Fsp3) is 0.333. The Morgan fingerprint density at radius 1 is 0.833 bits per heavy atom. The topological polar surface area (TPSA) is 0 Å². The van der Waals surface area contributed by atoms with Crippen molar-refractivity contribution in [2.75, 3.05) is 0 Å². The standard InChI is InChI=1S/C16H18.C2H6/c1-12(2)16-11-13(3)9-10-15(16)14-7-5-4-6-8-14;1-2/h4-12H,1-3H3;1-2H3. The van der Waals surface area contributed by atoms with Gasteiger partial charge in [-0.25, -0.2) is 0 Å². The minimum absolute atomic E-state index is 0.565. The van der Waals surface area contributed by atoms with Crippen molar-refractivity contribution < 1.29 is 0 Å². The molecule has 0 radical (unpaired) electrons. The Bertz CT molecular complexity index is 467. The van der Waals surface area contributed by atoms with Gasteiger partial charge in [0.25, 0.3) is 0 Å². The van der Waals surface area contributed by atoms with Gasteiger partial charge in [-0.3, -0.25) is 0 Å². The van der Waals surface area contributed by atoms with Gasteiger partial charge in [0.1, 0.15) is 0 Å². The first-order chi connectivity index (χ1) is 8.68. The van der Waals surface area contributed by atoms with Crippen LogP contribution in [0.15, 0.2) is 48.5 Å². The van der Waals surface area contributed by atoms with E-state index in [1.54, 1.807) is 0 Å². The van der Waals surface area contributed by atoms with Crippen LogP contribution in [0.4, 0.5) is 0 Å². The van der Waals surface area contributed by atoms with Crippen molar-refractivity contribution in [2.45, 2.75) is 40.5 Å². The summed E-state index contributed by atoms with van der Waals surface area (Å²) in [4.78, 5) is 0. The molecule has 0 nitrogen and oxygen atoms in total. The lowest BCUT2D eigenvalue weighted by molar-refractivity contribution is 0.867. The summed E-state index contributed by atoms with van der Waals surface area (Å²) in [6.45, 7) is 10.7. The Balaban J connectivity index is 0.000000771. The smallest absolute Gasteiger partial charge is 0.0149 e. The molecule has 0 spiro atoms. The molecule has 0 heteroatoms. The zero-order valence-electron chi connectivity index (χ0n) is 12.2. The average molecular weight is 240 g/mol. The van der Waals surface area contributed by atoms with E-state index in [-0.39, 0.29) is 0 Å². The minimum Gasteiger partial charge on any atom is -0.0683 e. The van der Waals surface area contributed by atoms with Crippen LogP contribution in [-0.4, -0.2) is 0 Å². The first-order valence-electron chi connectivity index (χ1n) is 6.84. The van der Waals surface area contributed by atoms with E-state index in [0.717, 1.165) is 0 Å². The Hall–Kier alpha value is -1.56. The van der Waals surface area contributed by atoms with Crippen LogP contribution in [0.3, 0.4) is 0 Å². The Kier molecular flexibility index (Phi) is 5.64. The van der Waals surface area contributed by atoms with Crippen molar-refractivity contribution in [1.82, 2.24) is 0 Å². The third kappa shape index (κ3) is 3.46. The second kappa shape index (κ2) is 7.00. The quantitative estimate of drug-likeness (QED) is 0.621. The molecule has 2 rings (SSSR count). The van der Waals surface area contributed by atoms with Crippen LogP contribution in [0, 0.1) is 6.92 Å². The lowest BCUT2D eigenvalue weighted by Gasteiger charge is -2.14. The highest BCUT2D eigenvalue weighted by Crippen LogP contribution is 2.29. The summed E-state index contributed by atoms with van der Waals surface area (Å²) in [6, 6.07) is 17.3. The van der Waals surface area contributed by atoms with E-state index < -0.39 is 0 Å². The summed E-state index contributed by atoms with van der Waals surface area (Å²) in [5.41, 5.74) is 5.45. The molecule has 0 bridgehead atoms. The fourth-order valence-corrected chi connectivity index (χ4v) is 2.04. The molecular weight excluding hydrogens is 216 g/mol. The minimum atomic E-state index is 0.565. The summed E-state index contributed by atoms with van der Waals surface area (Å²) in [5.74, 6) is 0.565. The Morgan fingerprint density at radius 3 is 2.00 bits per heavy atom. The number of hydrogen-bond donors (Lipinski definition) is 0. The Morgan fingerprint density at radius 2 is 1.44 bits per heavy atom. The highest BCUT2D eigenvalue weighted by atomic mass is 14.1. The van der Waals surface area contributed by atoms with Gasteiger partial charge in [0, 0.05) is 0 Å². The van der Waals surface area contributed by atoms with E-state index in [1.807, 2.05) is 13.8 Å². The first kappa shape index (κ1) is 14.5. The molecule has 2 aromatic carbocycles. The maximum Gasteiger partial charge on any atom is -0.0149 e. The van der Waals surface area contributed by atoms with Gasteiger partial charge < -0.3 is 0 Å². The van der Waals surface area contributed by atoms with Crippen LogP contribution in [0.5, 0.6) is 0 Å². The van der Waals surface area contributed by atoms with Crippen LogP contribution >= 0.6 is 0 Å². The summed E-state index contributed by atoms with van der Waals surface area (Å²) >= 11 is 0. The zero-order chi connectivity index (χ0) is 13.5. The molecular formula is C18H24. The van der Waals surface area contributed by atoms with E-state index in [0.29, 0.717) is 5.92 Å². The number of benzene rings is 2. The van der Waals surface area contributed by atoms with Crippen LogP contribution < -0.4 is 0 Å². The normalized spacial score (nSPS) is 9.89. The average Bonchev–Trinajstić information content (AvgIpc) is 2.42. The number of hydrogen-bond acceptors (Lipinski definition) is 0. The van der Waals surface area contributed by atoms with Crippen LogP contribution in [0.25, 0.3) is 11.1 Å². The van der Waals surface area contributed by atoms with Crippen molar-refractivity contribution in [2.24, 2.45) is 0 Å². The molecule has 0 aromatic heterocycles. The molecule has 0 aliphatic rings. The molecule has 0 fully saturated rings. The largest absolute Gasteiger partial charge is 0.0683 e. The molecule has 0 heterocycles. The van der Waals surface area contributed by atoms with E-state index in [4.69, 9.17) is 0 Å². The van der Waals surface area contributed by atoms with Gasteiger partial charge in [0.05, 0.1) is 0 Å². The lowest BCUT2D eigenvalue weighted by Crippen LogP contribution is -1.93. The summed E-state index contributed by atoms with van der Waals surface area (Å²) in [5, 5.41) is 0. The molecule has 0 unspecified atom stereocenters. The van der Waals surface area contributed by atoms with Gasteiger partial charge in [-0.15, -0.1) is 0 Å². The molecule has 18 heavy (non-hydrogen) atoms.